The van der Waals surface area contributed by atoms with E-state index in [1.54, 1.807) is 24.3 Å². The molecule has 0 N–H and O–H groups in total. The molecule has 7 nitrogen and oxygen atoms in total. The topological polar surface area (TPSA) is 76.6 Å². The number of fused-ring (bicyclic) bond motifs is 1. The lowest BCUT2D eigenvalue weighted by Crippen LogP contribution is -2.29. The third-order valence-corrected chi connectivity index (χ3v) is 4.63. The van der Waals surface area contributed by atoms with E-state index < -0.39 is 16.7 Å². The van der Waals surface area contributed by atoms with Crippen LogP contribution in [0.25, 0.3) is 11.2 Å². The third kappa shape index (κ3) is 3.17. The first-order chi connectivity index (χ1) is 13.3. The van der Waals surface area contributed by atoms with Gasteiger partial charge in [0.05, 0.1) is 5.56 Å². The zero-order valence-electron chi connectivity index (χ0n) is 14.4. The molecule has 0 atom stereocenters. The molecule has 2 aromatic heterocycles. The van der Waals surface area contributed by atoms with Crippen LogP contribution in [-0.4, -0.2) is 32.6 Å². The van der Waals surface area contributed by atoms with Gasteiger partial charge in [0.2, 0.25) is 5.65 Å². The average Bonchev–Trinajstić information content (AvgIpc) is 3.11. The number of rotatable bonds is 3. The summed E-state index contributed by atoms with van der Waals surface area (Å²) in [6.45, 7) is 0.793. The van der Waals surface area contributed by atoms with Crippen LogP contribution in [0.15, 0.2) is 48.7 Å². The van der Waals surface area contributed by atoms with E-state index in [2.05, 4.69) is 10.1 Å². The Morgan fingerprint density at radius 1 is 1.14 bits per heavy atom. The Morgan fingerprint density at radius 3 is 2.61 bits per heavy atom. The van der Waals surface area contributed by atoms with Gasteiger partial charge in [0.1, 0.15) is 6.20 Å². The second-order valence-corrected chi connectivity index (χ2v) is 6.30. The lowest BCUT2D eigenvalue weighted by Gasteiger charge is -2.27. The monoisotopic (exact) mass is 389 g/mol. The molecule has 1 aromatic carbocycles. The van der Waals surface area contributed by atoms with Crippen LogP contribution in [0.5, 0.6) is 0 Å². The van der Waals surface area contributed by atoms with Crippen molar-refractivity contribution in [3.05, 3.63) is 69.9 Å². The van der Waals surface area contributed by atoms with Crippen molar-refractivity contribution in [3.63, 3.8) is 0 Å². The van der Waals surface area contributed by atoms with E-state index in [-0.39, 0.29) is 11.4 Å². The first-order valence-corrected chi connectivity index (χ1v) is 8.44. The molecule has 3 aromatic rings. The average molecular weight is 389 g/mol. The maximum absolute atomic E-state index is 13.3. The molecule has 3 heterocycles. The van der Waals surface area contributed by atoms with Crippen molar-refractivity contribution >= 4 is 22.9 Å². The molecule has 4 rings (SSSR count). The molecular weight excluding hydrogens is 375 g/mol. The standard InChI is InChI=1S/C18H14F3N5O2/c19-18(20,21)14-4-2-1-3-13(14)12-7-9-24(10-8-12)16-6-5-15-22-11-17(26(27)28)25(15)23-16/h1-7,11H,8-10H2. The minimum absolute atomic E-state index is 0.184. The SMILES string of the molecule is O=[N+]([O-])c1cnc2ccc(N3CC=C(c4ccccc4C(F)(F)F)CC3)nn12. The van der Waals surface area contributed by atoms with E-state index in [1.807, 2.05) is 4.90 Å². The third-order valence-electron chi connectivity index (χ3n) is 4.63. The van der Waals surface area contributed by atoms with Gasteiger partial charge in [-0.1, -0.05) is 33.9 Å². The van der Waals surface area contributed by atoms with Crippen LogP contribution in [0.4, 0.5) is 24.8 Å². The summed E-state index contributed by atoms with van der Waals surface area (Å²) in [5, 5.41) is 15.3. The van der Waals surface area contributed by atoms with E-state index >= 15 is 0 Å². The second-order valence-electron chi connectivity index (χ2n) is 6.30. The summed E-state index contributed by atoms with van der Waals surface area (Å²) in [6.07, 6.45) is -1.14. The Balaban J connectivity index is 1.62. The van der Waals surface area contributed by atoms with Crippen molar-refractivity contribution in [2.24, 2.45) is 0 Å². The van der Waals surface area contributed by atoms with Crippen LogP contribution in [-0.2, 0) is 6.18 Å². The first kappa shape index (κ1) is 18.0. The molecule has 0 aliphatic carbocycles. The smallest absolute Gasteiger partial charge is 0.358 e. The number of aromatic nitrogens is 3. The van der Waals surface area contributed by atoms with Crippen LogP contribution in [0, 0.1) is 10.1 Å². The van der Waals surface area contributed by atoms with Crippen LogP contribution < -0.4 is 4.90 Å². The molecule has 0 saturated carbocycles. The summed E-state index contributed by atoms with van der Waals surface area (Å²) in [5.74, 6) is 0.247. The number of hydrogen-bond acceptors (Lipinski definition) is 5. The maximum Gasteiger partial charge on any atom is 0.416 e. The summed E-state index contributed by atoms with van der Waals surface area (Å²) in [7, 11) is 0. The number of anilines is 1. The summed E-state index contributed by atoms with van der Waals surface area (Å²) >= 11 is 0. The minimum atomic E-state index is -4.42. The Bertz CT molecular complexity index is 1090. The zero-order valence-corrected chi connectivity index (χ0v) is 14.4. The molecular formula is C18H14F3N5O2. The molecule has 144 valence electrons. The fourth-order valence-electron chi connectivity index (χ4n) is 3.28. The molecule has 0 radical (unpaired) electrons. The van der Waals surface area contributed by atoms with Crippen molar-refractivity contribution in [1.82, 2.24) is 14.6 Å². The number of imidazole rings is 1. The lowest BCUT2D eigenvalue weighted by atomic mass is 9.94. The van der Waals surface area contributed by atoms with Gasteiger partial charge in [-0.2, -0.15) is 13.2 Å². The highest BCUT2D eigenvalue weighted by atomic mass is 19.4. The quantitative estimate of drug-likeness (QED) is 0.501. The van der Waals surface area contributed by atoms with E-state index in [1.165, 1.54) is 12.1 Å². The number of hydrogen-bond donors (Lipinski definition) is 0. The number of halogens is 3. The Labute approximate surface area is 156 Å². The largest absolute Gasteiger partial charge is 0.416 e. The van der Waals surface area contributed by atoms with Gasteiger partial charge in [-0.25, -0.2) is 4.98 Å². The van der Waals surface area contributed by atoms with Crippen LogP contribution in [0.3, 0.4) is 0 Å². The molecule has 10 heteroatoms. The lowest BCUT2D eigenvalue weighted by molar-refractivity contribution is -0.391. The molecule has 0 spiro atoms. The van der Waals surface area contributed by atoms with Gasteiger partial charge in [0.15, 0.2) is 5.82 Å². The molecule has 0 saturated heterocycles. The molecule has 0 bridgehead atoms. The van der Waals surface area contributed by atoms with Crippen LogP contribution in [0.1, 0.15) is 17.5 Å². The molecule has 1 aliphatic rings. The number of benzene rings is 1. The summed E-state index contributed by atoms with van der Waals surface area (Å²) in [6, 6.07) is 8.83. The van der Waals surface area contributed by atoms with Gasteiger partial charge in [-0.15, -0.1) is 0 Å². The van der Waals surface area contributed by atoms with Crippen molar-refractivity contribution in [2.45, 2.75) is 12.6 Å². The molecule has 0 amide bonds. The molecule has 0 fully saturated rings. The second kappa shape index (κ2) is 6.63. The zero-order chi connectivity index (χ0) is 19.9. The van der Waals surface area contributed by atoms with Gasteiger partial charge in [-0.3, -0.25) is 0 Å². The predicted molar refractivity (Wildman–Crippen MR) is 95.9 cm³/mol. The van der Waals surface area contributed by atoms with Gasteiger partial charge in [-0.05, 0) is 34.6 Å². The van der Waals surface area contributed by atoms with Gasteiger partial charge in [0.25, 0.3) is 0 Å². The van der Waals surface area contributed by atoms with E-state index in [0.717, 1.165) is 16.8 Å². The van der Waals surface area contributed by atoms with Crippen LogP contribution >= 0.6 is 0 Å². The highest BCUT2D eigenvalue weighted by molar-refractivity contribution is 5.71. The Hall–Kier alpha value is -3.43. The normalized spacial score (nSPS) is 15.0. The molecule has 28 heavy (non-hydrogen) atoms. The highest BCUT2D eigenvalue weighted by Crippen LogP contribution is 2.36. The van der Waals surface area contributed by atoms with E-state index in [9.17, 15) is 23.3 Å². The summed E-state index contributed by atoms with van der Waals surface area (Å²) < 4.78 is 40.9. The summed E-state index contributed by atoms with van der Waals surface area (Å²) in [4.78, 5) is 16.3. The van der Waals surface area contributed by atoms with Crippen molar-refractivity contribution in [2.75, 3.05) is 18.0 Å². The minimum Gasteiger partial charge on any atom is -0.358 e. The number of alkyl halides is 3. The van der Waals surface area contributed by atoms with Gasteiger partial charge < -0.3 is 15.0 Å². The van der Waals surface area contributed by atoms with Gasteiger partial charge in [0, 0.05) is 19.2 Å². The first-order valence-electron chi connectivity index (χ1n) is 8.44. The predicted octanol–water partition coefficient (Wildman–Crippen LogP) is 3.95. The van der Waals surface area contributed by atoms with E-state index in [0.29, 0.717) is 36.5 Å². The fourth-order valence-corrected chi connectivity index (χ4v) is 3.28. The number of nitrogens with zero attached hydrogens (tertiary/aromatic N) is 5. The summed E-state index contributed by atoms with van der Waals surface area (Å²) in [5.41, 5.74) is 0.508. The van der Waals surface area contributed by atoms with Crippen molar-refractivity contribution < 1.29 is 18.1 Å². The molecule has 1 aliphatic heterocycles. The Kier molecular flexibility index (Phi) is 4.25. The number of nitro groups is 1. The van der Waals surface area contributed by atoms with Crippen molar-refractivity contribution in [1.29, 1.82) is 0 Å². The Morgan fingerprint density at radius 2 is 1.93 bits per heavy atom. The maximum atomic E-state index is 13.3. The van der Waals surface area contributed by atoms with Gasteiger partial charge >= 0.3 is 12.0 Å². The van der Waals surface area contributed by atoms with Crippen LogP contribution in [0.2, 0.25) is 0 Å². The molecule has 0 unspecified atom stereocenters. The van der Waals surface area contributed by atoms with Crippen molar-refractivity contribution in [3.8, 4) is 0 Å². The van der Waals surface area contributed by atoms with E-state index in [4.69, 9.17) is 0 Å². The highest BCUT2D eigenvalue weighted by Gasteiger charge is 2.34. The fraction of sp³-hybridized carbons (Fsp3) is 0.222.